The summed E-state index contributed by atoms with van der Waals surface area (Å²) in [6.45, 7) is 3.81. The van der Waals surface area contributed by atoms with E-state index < -0.39 is 6.04 Å². The SMILES string of the molecule is CN(CCN1CCCC1)C(=O)CC(NC(=O)c1ccccc1Cl)c1ccccc1. The molecular weight excluding hydrogens is 386 g/mol. The Morgan fingerprint density at radius 3 is 2.41 bits per heavy atom. The van der Waals surface area contributed by atoms with Crippen molar-refractivity contribution in [1.82, 2.24) is 15.1 Å². The lowest BCUT2D eigenvalue weighted by Crippen LogP contribution is -2.38. The molecule has 1 atom stereocenters. The quantitative estimate of drug-likeness (QED) is 0.717. The smallest absolute Gasteiger partial charge is 0.253 e. The van der Waals surface area contributed by atoms with Gasteiger partial charge in [0.1, 0.15) is 0 Å². The third kappa shape index (κ3) is 6.05. The number of halogens is 1. The highest BCUT2D eigenvalue weighted by atomic mass is 35.5. The van der Waals surface area contributed by atoms with Crippen molar-refractivity contribution in [3.05, 3.63) is 70.7 Å². The minimum Gasteiger partial charge on any atom is -0.345 e. The normalized spacial score (nSPS) is 15.1. The maximum atomic E-state index is 12.8. The lowest BCUT2D eigenvalue weighted by Gasteiger charge is -2.25. The molecule has 1 heterocycles. The zero-order valence-electron chi connectivity index (χ0n) is 16.8. The van der Waals surface area contributed by atoms with Crippen molar-refractivity contribution in [3.63, 3.8) is 0 Å². The number of carbonyl (C=O) groups excluding carboxylic acids is 2. The number of carbonyl (C=O) groups is 2. The summed E-state index contributed by atoms with van der Waals surface area (Å²) in [6.07, 6.45) is 2.68. The van der Waals surface area contributed by atoms with Gasteiger partial charge in [-0.15, -0.1) is 0 Å². The zero-order valence-corrected chi connectivity index (χ0v) is 17.6. The Morgan fingerprint density at radius 1 is 1.07 bits per heavy atom. The van der Waals surface area contributed by atoms with Crippen molar-refractivity contribution in [1.29, 1.82) is 0 Å². The summed E-state index contributed by atoms with van der Waals surface area (Å²) in [6, 6.07) is 16.1. The van der Waals surface area contributed by atoms with Crippen LogP contribution in [0.5, 0.6) is 0 Å². The van der Waals surface area contributed by atoms with Crippen LogP contribution in [0.15, 0.2) is 54.6 Å². The molecule has 6 heteroatoms. The second-order valence-electron chi connectivity index (χ2n) is 7.48. The van der Waals surface area contributed by atoms with Gasteiger partial charge in [-0.1, -0.05) is 54.1 Å². The van der Waals surface area contributed by atoms with Gasteiger partial charge in [0.05, 0.1) is 23.0 Å². The summed E-state index contributed by atoms with van der Waals surface area (Å²) in [5, 5.41) is 3.39. The first-order chi connectivity index (χ1) is 14.0. The van der Waals surface area contributed by atoms with E-state index in [0.717, 1.165) is 25.2 Å². The largest absolute Gasteiger partial charge is 0.345 e. The van der Waals surface area contributed by atoms with Crippen molar-refractivity contribution in [2.24, 2.45) is 0 Å². The Labute approximate surface area is 177 Å². The molecule has 1 fully saturated rings. The molecule has 0 spiro atoms. The second-order valence-corrected chi connectivity index (χ2v) is 7.89. The average Bonchev–Trinajstić information content (AvgIpc) is 3.26. The first-order valence-corrected chi connectivity index (χ1v) is 10.5. The van der Waals surface area contributed by atoms with E-state index in [1.54, 1.807) is 29.2 Å². The van der Waals surface area contributed by atoms with Crippen molar-refractivity contribution < 1.29 is 9.59 Å². The van der Waals surface area contributed by atoms with Crippen LogP contribution in [0.2, 0.25) is 5.02 Å². The molecule has 2 aromatic rings. The lowest BCUT2D eigenvalue weighted by molar-refractivity contribution is -0.130. The Hall–Kier alpha value is -2.37. The molecule has 0 bridgehead atoms. The van der Waals surface area contributed by atoms with Crippen LogP contribution in [0.1, 0.15) is 41.2 Å². The Kier molecular flexibility index (Phi) is 7.67. The highest BCUT2D eigenvalue weighted by Gasteiger charge is 2.22. The van der Waals surface area contributed by atoms with Crippen LogP contribution < -0.4 is 5.32 Å². The molecule has 1 aliphatic heterocycles. The van der Waals surface area contributed by atoms with Crippen molar-refractivity contribution in [3.8, 4) is 0 Å². The predicted molar refractivity (Wildman–Crippen MR) is 116 cm³/mol. The molecule has 0 aliphatic carbocycles. The monoisotopic (exact) mass is 413 g/mol. The van der Waals surface area contributed by atoms with E-state index in [1.165, 1.54) is 12.8 Å². The lowest BCUT2D eigenvalue weighted by atomic mass is 10.0. The van der Waals surface area contributed by atoms with Crippen LogP contribution in [0.25, 0.3) is 0 Å². The molecule has 5 nitrogen and oxygen atoms in total. The van der Waals surface area contributed by atoms with Crippen LogP contribution in [0, 0.1) is 0 Å². The molecule has 0 aromatic heterocycles. The zero-order chi connectivity index (χ0) is 20.6. The van der Waals surface area contributed by atoms with Crippen LogP contribution in [-0.4, -0.2) is 54.8 Å². The summed E-state index contributed by atoms with van der Waals surface area (Å²) < 4.78 is 0. The van der Waals surface area contributed by atoms with Crippen LogP contribution in [0.4, 0.5) is 0 Å². The van der Waals surface area contributed by atoms with Gasteiger partial charge in [-0.05, 0) is 43.6 Å². The van der Waals surface area contributed by atoms with Gasteiger partial charge in [-0.2, -0.15) is 0 Å². The molecule has 1 unspecified atom stereocenters. The number of hydrogen-bond donors (Lipinski definition) is 1. The van der Waals surface area contributed by atoms with Gasteiger partial charge in [0.25, 0.3) is 5.91 Å². The average molecular weight is 414 g/mol. The molecule has 3 rings (SSSR count). The van der Waals surface area contributed by atoms with E-state index in [2.05, 4.69) is 10.2 Å². The molecule has 1 saturated heterocycles. The first-order valence-electron chi connectivity index (χ1n) is 10.1. The fourth-order valence-corrected chi connectivity index (χ4v) is 3.79. The molecule has 2 aromatic carbocycles. The molecule has 1 aliphatic rings. The number of amides is 2. The van der Waals surface area contributed by atoms with Gasteiger partial charge in [0.15, 0.2) is 0 Å². The van der Waals surface area contributed by atoms with E-state index in [-0.39, 0.29) is 18.2 Å². The minimum absolute atomic E-state index is 0.0116. The molecule has 154 valence electrons. The van der Waals surface area contributed by atoms with Gasteiger partial charge in [-0.3, -0.25) is 9.59 Å². The maximum Gasteiger partial charge on any atom is 0.253 e. The Balaban J connectivity index is 1.66. The Morgan fingerprint density at radius 2 is 1.72 bits per heavy atom. The van der Waals surface area contributed by atoms with Gasteiger partial charge < -0.3 is 15.1 Å². The first kappa shape index (κ1) is 21.3. The molecular formula is C23H28ClN3O2. The third-order valence-corrected chi connectivity index (χ3v) is 5.71. The second kappa shape index (κ2) is 10.4. The van der Waals surface area contributed by atoms with E-state index in [1.807, 2.05) is 37.4 Å². The summed E-state index contributed by atoms with van der Waals surface area (Å²) >= 11 is 6.17. The molecule has 0 saturated carbocycles. The number of nitrogens with one attached hydrogen (secondary N) is 1. The molecule has 29 heavy (non-hydrogen) atoms. The molecule has 2 amide bonds. The number of benzene rings is 2. The van der Waals surface area contributed by atoms with Crippen LogP contribution >= 0.6 is 11.6 Å². The molecule has 0 radical (unpaired) electrons. The topological polar surface area (TPSA) is 52.6 Å². The number of hydrogen-bond acceptors (Lipinski definition) is 3. The van der Waals surface area contributed by atoms with Gasteiger partial charge in [-0.25, -0.2) is 0 Å². The van der Waals surface area contributed by atoms with Crippen LogP contribution in [0.3, 0.4) is 0 Å². The van der Waals surface area contributed by atoms with Gasteiger partial charge >= 0.3 is 0 Å². The number of likely N-dealkylation sites (N-methyl/N-ethyl adjacent to an activating group) is 1. The standard InChI is InChI=1S/C23H28ClN3O2/c1-26(15-16-27-13-7-8-14-27)22(28)17-21(18-9-3-2-4-10-18)25-23(29)19-11-5-6-12-20(19)24/h2-6,9-12,21H,7-8,13-17H2,1H3,(H,25,29). The minimum atomic E-state index is -0.415. The number of rotatable bonds is 8. The van der Waals surface area contributed by atoms with Gasteiger partial charge in [0, 0.05) is 20.1 Å². The molecule has 1 N–H and O–H groups in total. The van der Waals surface area contributed by atoms with Crippen LogP contribution in [-0.2, 0) is 4.79 Å². The predicted octanol–water partition coefficient (Wildman–Crippen LogP) is 3.76. The van der Waals surface area contributed by atoms with E-state index >= 15 is 0 Å². The number of nitrogens with zero attached hydrogens (tertiary/aromatic N) is 2. The fraction of sp³-hybridized carbons (Fsp3) is 0.391. The highest BCUT2D eigenvalue weighted by Crippen LogP contribution is 2.21. The highest BCUT2D eigenvalue weighted by molar-refractivity contribution is 6.33. The number of likely N-dealkylation sites (tertiary alicyclic amines) is 1. The summed E-state index contributed by atoms with van der Waals surface area (Å²) in [5.41, 5.74) is 1.30. The third-order valence-electron chi connectivity index (χ3n) is 5.38. The summed E-state index contributed by atoms with van der Waals surface area (Å²) in [7, 11) is 1.83. The van der Waals surface area contributed by atoms with E-state index in [4.69, 9.17) is 11.6 Å². The van der Waals surface area contributed by atoms with Crippen molar-refractivity contribution in [2.75, 3.05) is 33.2 Å². The van der Waals surface area contributed by atoms with E-state index in [0.29, 0.717) is 17.1 Å². The van der Waals surface area contributed by atoms with Crippen molar-refractivity contribution in [2.45, 2.75) is 25.3 Å². The summed E-state index contributed by atoms with van der Waals surface area (Å²) in [5.74, 6) is -0.269. The van der Waals surface area contributed by atoms with E-state index in [9.17, 15) is 9.59 Å². The van der Waals surface area contributed by atoms with Gasteiger partial charge in [0.2, 0.25) is 5.91 Å². The fourth-order valence-electron chi connectivity index (χ4n) is 3.57. The Bertz CT molecular complexity index is 822. The maximum absolute atomic E-state index is 12.8. The van der Waals surface area contributed by atoms with Crippen molar-refractivity contribution >= 4 is 23.4 Å². The summed E-state index contributed by atoms with van der Waals surface area (Å²) in [4.78, 5) is 29.8.